The van der Waals surface area contributed by atoms with Gasteiger partial charge >= 0.3 is 0 Å². The molecule has 1 aromatic carbocycles. The van der Waals surface area contributed by atoms with Gasteiger partial charge in [-0.3, -0.25) is 0 Å². The molecule has 98 valence electrons. The average Bonchev–Trinajstić information content (AvgIpc) is 2.68. The summed E-state index contributed by atoms with van der Waals surface area (Å²) in [5.41, 5.74) is 1.13. The molecule has 0 atom stereocenters. The average molecular weight is 282 g/mol. The van der Waals surface area contributed by atoms with Crippen LogP contribution >= 0.6 is 11.6 Å². The molecule has 0 aliphatic carbocycles. The summed E-state index contributed by atoms with van der Waals surface area (Å²) in [4.78, 5) is 0. The lowest BCUT2D eigenvalue weighted by atomic mass is 10.2. The largest absolute Gasteiger partial charge is 0.361 e. The van der Waals surface area contributed by atoms with Gasteiger partial charge < -0.3 is 9.30 Å². The Morgan fingerprint density at radius 2 is 2.00 bits per heavy atom. The predicted octanol–water partition coefficient (Wildman–Crippen LogP) is 4.61. The molecule has 18 heavy (non-hydrogen) atoms. The maximum Gasteiger partial charge on any atom is 0.122 e. The second-order valence-corrected chi connectivity index (χ2v) is 11.8. The van der Waals surface area contributed by atoms with Gasteiger partial charge in [0.15, 0.2) is 0 Å². The molecule has 0 aliphatic heterocycles. The molecule has 1 aromatic heterocycles. The molecule has 2 nitrogen and oxygen atoms in total. The zero-order valence-corrected chi connectivity index (χ0v) is 13.0. The highest BCUT2D eigenvalue weighted by Crippen LogP contribution is 2.24. The van der Waals surface area contributed by atoms with Crippen LogP contribution in [0.4, 0.5) is 0 Å². The van der Waals surface area contributed by atoms with Crippen LogP contribution in [0.5, 0.6) is 0 Å². The second-order valence-electron chi connectivity index (χ2n) is 5.81. The Balaban J connectivity index is 1.98. The summed E-state index contributed by atoms with van der Waals surface area (Å²) in [5, 5.41) is 1.89. The van der Waals surface area contributed by atoms with Crippen LogP contribution in [-0.4, -0.2) is 19.2 Å². The second kappa shape index (κ2) is 5.47. The fraction of sp³-hybridized carbons (Fsp3) is 0.429. The van der Waals surface area contributed by atoms with Gasteiger partial charge in [0.25, 0.3) is 0 Å². The number of aromatic nitrogens is 1. The molecule has 2 aromatic rings. The number of rotatable bonds is 5. The van der Waals surface area contributed by atoms with Crippen LogP contribution in [0, 0.1) is 0 Å². The van der Waals surface area contributed by atoms with E-state index >= 15 is 0 Å². The lowest BCUT2D eigenvalue weighted by Crippen LogP contribution is -2.21. The minimum Gasteiger partial charge on any atom is -0.361 e. The maximum atomic E-state index is 6.14. The molecule has 0 N–H and O–H groups in total. The van der Waals surface area contributed by atoms with Crippen molar-refractivity contribution in [1.29, 1.82) is 0 Å². The summed E-state index contributed by atoms with van der Waals surface area (Å²) in [7, 11) is -0.997. The highest BCUT2D eigenvalue weighted by molar-refractivity contribution is 6.76. The van der Waals surface area contributed by atoms with E-state index in [1.807, 2.05) is 24.4 Å². The number of hydrogen-bond donors (Lipinski definition) is 0. The first-order valence-corrected chi connectivity index (χ1v) is 10.4. The third kappa shape index (κ3) is 3.37. The smallest absolute Gasteiger partial charge is 0.122 e. The van der Waals surface area contributed by atoms with E-state index in [-0.39, 0.29) is 0 Å². The topological polar surface area (TPSA) is 14.2 Å². The van der Waals surface area contributed by atoms with Gasteiger partial charge in [-0.1, -0.05) is 37.3 Å². The first kappa shape index (κ1) is 13.7. The van der Waals surface area contributed by atoms with E-state index in [9.17, 15) is 0 Å². The standard InChI is InChI=1S/C14H20ClNOSi/c1-18(2,3)10-9-17-11-16-8-7-12-13(15)5-4-6-14(12)16/h4-8H,9-11H2,1-3H3. The molecule has 0 radical (unpaired) electrons. The molecule has 0 saturated carbocycles. The summed E-state index contributed by atoms with van der Waals surface area (Å²) in [5.74, 6) is 0. The van der Waals surface area contributed by atoms with E-state index in [1.54, 1.807) is 0 Å². The molecule has 0 bridgehead atoms. The van der Waals surface area contributed by atoms with Crippen molar-refractivity contribution >= 4 is 30.6 Å². The normalized spacial score (nSPS) is 12.2. The summed E-state index contributed by atoms with van der Waals surface area (Å²) in [6.45, 7) is 8.54. The number of hydrogen-bond acceptors (Lipinski definition) is 1. The number of ether oxygens (including phenoxy) is 1. The van der Waals surface area contributed by atoms with Gasteiger partial charge in [0.1, 0.15) is 6.73 Å². The summed E-state index contributed by atoms with van der Waals surface area (Å²) < 4.78 is 7.86. The number of halogens is 1. The Kier molecular flexibility index (Phi) is 4.15. The van der Waals surface area contributed by atoms with Crippen LogP contribution in [0.25, 0.3) is 10.9 Å². The molecule has 4 heteroatoms. The summed E-state index contributed by atoms with van der Waals surface area (Å²) in [6.07, 6.45) is 2.03. The molecule has 0 spiro atoms. The third-order valence-corrected chi connectivity index (χ3v) is 5.02. The number of fused-ring (bicyclic) bond motifs is 1. The van der Waals surface area contributed by atoms with Gasteiger partial charge in [0, 0.05) is 31.3 Å². The Bertz CT molecular complexity index is 530. The predicted molar refractivity (Wildman–Crippen MR) is 81.1 cm³/mol. The fourth-order valence-corrected chi connectivity index (χ4v) is 2.83. The Hall–Kier alpha value is -0.773. The fourth-order valence-electron chi connectivity index (χ4n) is 1.84. The van der Waals surface area contributed by atoms with Crippen LogP contribution in [0.3, 0.4) is 0 Å². The third-order valence-electron chi connectivity index (χ3n) is 2.99. The van der Waals surface area contributed by atoms with Crippen molar-refractivity contribution in [2.75, 3.05) is 6.61 Å². The number of nitrogens with zero attached hydrogens (tertiary/aromatic N) is 1. The van der Waals surface area contributed by atoms with Gasteiger partial charge in [-0.25, -0.2) is 0 Å². The van der Waals surface area contributed by atoms with E-state index in [4.69, 9.17) is 16.3 Å². The van der Waals surface area contributed by atoms with Crippen molar-refractivity contribution in [1.82, 2.24) is 4.57 Å². The van der Waals surface area contributed by atoms with Gasteiger partial charge in [-0.05, 0) is 24.2 Å². The van der Waals surface area contributed by atoms with Crippen molar-refractivity contribution in [2.24, 2.45) is 0 Å². The Labute approximate surface area is 115 Å². The van der Waals surface area contributed by atoms with Gasteiger partial charge in [-0.15, -0.1) is 0 Å². The van der Waals surface area contributed by atoms with Crippen LogP contribution in [0.2, 0.25) is 30.7 Å². The van der Waals surface area contributed by atoms with Gasteiger partial charge in [0.05, 0.1) is 5.52 Å². The Morgan fingerprint density at radius 3 is 2.72 bits per heavy atom. The lowest BCUT2D eigenvalue weighted by molar-refractivity contribution is 0.0902. The highest BCUT2D eigenvalue weighted by atomic mass is 35.5. The first-order valence-electron chi connectivity index (χ1n) is 6.28. The van der Waals surface area contributed by atoms with Crippen molar-refractivity contribution in [3.05, 3.63) is 35.5 Å². The SMILES string of the molecule is C[Si](C)(C)CCOCn1ccc2c(Cl)cccc21. The van der Waals surface area contributed by atoms with E-state index in [1.165, 1.54) is 6.04 Å². The lowest BCUT2D eigenvalue weighted by Gasteiger charge is -2.15. The molecule has 0 saturated heterocycles. The molecule has 0 fully saturated rings. The monoisotopic (exact) mass is 281 g/mol. The van der Waals surface area contributed by atoms with Crippen LogP contribution in [-0.2, 0) is 11.5 Å². The van der Waals surface area contributed by atoms with Crippen molar-refractivity contribution in [2.45, 2.75) is 32.4 Å². The van der Waals surface area contributed by atoms with Crippen LogP contribution in [0.15, 0.2) is 30.5 Å². The van der Waals surface area contributed by atoms with Crippen molar-refractivity contribution in [3.8, 4) is 0 Å². The molecule has 1 heterocycles. The highest BCUT2D eigenvalue weighted by Gasteiger charge is 2.12. The summed E-state index contributed by atoms with van der Waals surface area (Å²) >= 11 is 6.14. The van der Waals surface area contributed by atoms with Crippen LogP contribution in [0.1, 0.15) is 0 Å². The molecular weight excluding hydrogens is 262 g/mol. The van der Waals surface area contributed by atoms with Gasteiger partial charge in [0.2, 0.25) is 0 Å². The molecule has 2 rings (SSSR count). The maximum absolute atomic E-state index is 6.14. The minimum absolute atomic E-state index is 0.605. The van der Waals surface area contributed by atoms with E-state index < -0.39 is 8.07 Å². The minimum atomic E-state index is -0.997. The van der Waals surface area contributed by atoms with E-state index in [2.05, 4.69) is 30.3 Å². The first-order chi connectivity index (χ1) is 8.47. The van der Waals surface area contributed by atoms with Gasteiger partial charge in [-0.2, -0.15) is 0 Å². The molecule has 0 amide bonds. The Morgan fingerprint density at radius 1 is 1.22 bits per heavy atom. The zero-order valence-electron chi connectivity index (χ0n) is 11.2. The molecular formula is C14H20ClNOSi. The zero-order chi connectivity index (χ0) is 13.2. The molecule has 0 aliphatic rings. The summed E-state index contributed by atoms with van der Waals surface area (Å²) in [6, 6.07) is 9.21. The molecule has 0 unspecified atom stereocenters. The quantitative estimate of drug-likeness (QED) is 0.577. The number of benzene rings is 1. The van der Waals surface area contributed by atoms with Crippen molar-refractivity contribution < 1.29 is 4.74 Å². The van der Waals surface area contributed by atoms with Crippen molar-refractivity contribution in [3.63, 3.8) is 0 Å². The van der Waals surface area contributed by atoms with E-state index in [0.29, 0.717) is 6.73 Å². The van der Waals surface area contributed by atoms with Crippen LogP contribution < -0.4 is 0 Å². The van der Waals surface area contributed by atoms with E-state index in [0.717, 1.165) is 22.5 Å².